The molecule has 242 valence electrons. The number of hydrogen-bond donors (Lipinski definition) is 3. The number of aromatic nitrogens is 4. The van der Waals surface area contributed by atoms with Gasteiger partial charge in [-0.3, -0.25) is 14.9 Å². The van der Waals surface area contributed by atoms with E-state index in [1.54, 1.807) is 32.0 Å². The van der Waals surface area contributed by atoms with E-state index in [-0.39, 0.29) is 0 Å². The quantitative estimate of drug-likeness (QED) is 0.238. The van der Waals surface area contributed by atoms with Crippen LogP contribution in [0.3, 0.4) is 0 Å². The normalized spacial score (nSPS) is 21.1. The number of ether oxygens (including phenoxy) is 1. The third kappa shape index (κ3) is 5.94. The number of rotatable bonds is 9. The minimum absolute atomic E-state index is 0.430. The maximum Gasteiger partial charge on any atom is 0.229 e. The second kappa shape index (κ2) is 12.6. The number of piperazine rings is 1. The fraction of sp³-hybridized carbons (Fsp3) is 0.455. The summed E-state index contributed by atoms with van der Waals surface area (Å²) in [5.74, 6) is 1.78. The van der Waals surface area contributed by atoms with E-state index in [0.29, 0.717) is 40.2 Å². The van der Waals surface area contributed by atoms with Gasteiger partial charge in [-0.15, -0.1) is 0 Å². The summed E-state index contributed by atoms with van der Waals surface area (Å²) in [6.45, 7) is 8.63. The number of nitrogens with zero attached hydrogens (tertiary/aromatic N) is 7. The molecule has 7 rings (SSSR count). The topological polar surface area (TPSA) is 124 Å². The third-order valence-electron chi connectivity index (χ3n) is 9.71. The Morgan fingerprint density at radius 1 is 0.935 bits per heavy atom. The summed E-state index contributed by atoms with van der Waals surface area (Å²) >= 11 is 0. The van der Waals surface area contributed by atoms with E-state index < -0.39 is 11.0 Å². The van der Waals surface area contributed by atoms with Gasteiger partial charge in [-0.2, -0.15) is 4.98 Å². The molecule has 5 heterocycles. The van der Waals surface area contributed by atoms with E-state index in [1.165, 1.54) is 43.6 Å². The molecular weight excluding hydrogens is 600 g/mol. The molecule has 3 atom stereocenters. The van der Waals surface area contributed by atoms with Gasteiger partial charge in [-0.1, -0.05) is 0 Å². The molecule has 2 aromatic carbocycles. The monoisotopic (exact) mass is 642 g/mol. The summed E-state index contributed by atoms with van der Waals surface area (Å²) in [4.78, 5) is 26.0. The summed E-state index contributed by atoms with van der Waals surface area (Å²) in [6.07, 6.45) is 10.3. The highest BCUT2D eigenvalue weighted by Crippen LogP contribution is 2.38. The molecule has 0 aliphatic carbocycles. The maximum atomic E-state index is 12.2. The smallest absolute Gasteiger partial charge is 0.229 e. The van der Waals surface area contributed by atoms with Crippen molar-refractivity contribution in [3.05, 3.63) is 54.0 Å². The molecule has 3 saturated heterocycles. The van der Waals surface area contributed by atoms with Crippen molar-refractivity contribution in [2.75, 3.05) is 66.8 Å². The van der Waals surface area contributed by atoms with Crippen LogP contribution >= 0.6 is 0 Å². The van der Waals surface area contributed by atoms with E-state index in [4.69, 9.17) is 9.72 Å². The lowest BCUT2D eigenvalue weighted by Gasteiger charge is -2.43. The number of nitrogens with one attached hydrogen (secondary N) is 3. The number of fused-ring (bicyclic) bond motifs is 3. The minimum Gasteiger partial charge on any atom is -0.494 e. The van der Waals surface area contributed by atoms with Crippen LogP contribution in [0.15, 0.2) is 42.9 Å². The van der Waals surface area contributed by atoms with Crippen molar-refractivity contribution in [3.63, 3.8) is 0 Å². The highest BCUT2D eigenvalue weighted by molar-refractivity contribution is 7.85. The molecule has 0 spiro atoms. The van der Waals surface area contributed by atoms with Crippen molar-refractivity contribution in [3.8, 4) is 5.75 Å². The van der Waals surface area contributed by atoms with E-state index in [1.807, 2.05) is 19.1 Å². The molecule has 3 aliphatic heterocycles. The molecule has 3 fully saturated rings. The lowest BCUT2D eigenvalue weighted by Crippen LogP contribution is -2.52. The zero-order chi connectivity index (χ0) is 31.9. The zero-order valence-electron chi connectivity index (χ0n) is 27.1. The van der Waals surface area contributed by atoms with Crippen LogP contribution in [0.5, 0.6) is 5.75 Å². The second-order valence-electron chi connectivity index (χ2n) is 12.7. The molecular formula is C33H42N10O2S. The number of hydrogen-bond acceptors (Lipinski definition) is 11. The van der Waals surface area contributed by atoms with Crippen LogP contribution in [0, 0.1) is 13.8 Å². The van der Waals surface area contributed by atoms with Gasteiger partial charge in [0, 0.05) is 86.5 Å². The summed E-state index contributed by atoms with van der Waals surface area (Å²) in [6, 6.07) is 10.2. The first-order valence-corrected chi connectivity index (χ1v) is 17.4. The summed E-state index contributed by atoms with van der Waals surface area (Å²) in [7, 11) is 2.65. The van der Waals surface area contributed by atoms with Gasteiger partial charge in [0.2, 0.25) is 5.95 Å². The minimum atomic E-state index is -1.32. The van der Waals surface area contributed by atoms with E-state index in [2.05, 4.69) is 71.1 Å². The van der Waals surface area contributed by atoms with Crippen LogP contribution < -0.4 is 25.0 Å². The Labute approximate surface area is 272 Å². The fourth-order valence-electron chi connectivity index (χ4n) is 7.33. The average molecular weight is 643 g/mol. The number of anilines is 6. The number of piperidine rings is 1. The average Bonchev–Trinajstić information content (AvgIpc) is 3.64. The predicted molar refractivity (Wildman–Crippen MR) is 185 cm³/mol. The van der Waals surface area contributed by atoms with Gasteiger partial charge in [0.05, 0.1) is 29.7 Å². The molecule has 3 unspecified atom stereocenters. The van der Waals surface area contributed by atoms with Gasteiger partial charge in [0.25, 0.3) is 0 Å². The number of aryl methyl sites for hydroxylation is 2. The van der Waals surface area contributed by atoms with Crippen molar-refractivity contribution in [2.24, 2.45) is 0 Å². The van der Waals surface area contributed by atoms with Crippen molar-refractivity contribution >= 4 is 56.5 Å². The lowest BCUT2D eigenvalue weighted by molar-refractivity contribution is 0.0929. The molecule has 4 aromatic rings. The lowest BCUT2D eigenvalue weighted by atomic mass is 10.00. The highest BCUT2D eigenvalue weighted by Gasteiger charge is 2.44. The zero-order valence-corrected chi connectivity index (χ0v) is 27.9. The molecule has 3 aliphatic rings. The Bertz CT molecular complexity index is 1780. The molecule has 0 amide bonds. The van der Waals surface area contributed by atoms with Crippen LogP contribution in [0.4, 0.5) is 34.5 Å². The first-order chi connectivity index (χ1) is 22.3. The molecule has 12 nitrogen and oxygen atoms in total. The van der Waals surface area contributed by atoms with Crippen molar-refractivity contribution in [2.45, 2.75) is 51.2 Å². The Morgan fingerprint density at radius 3 is 2.46 bits per heavy atom. The number of methoxy groups -OCH3 is 1. The Kier molecular flexibility index (Phi) is 8.38. The number of likely N-dealkylation sites (N-methyl/N-ethyl adjacent to an activating group) is 1. The van der Waals surface area contributed by atoms with Crippen LogP contribution in [0.1, 0.15) is 30.4 Å². The first kappa shape index (κ1) is 30.6. The van der Waals surface area contributed by atoms with Gasteiger partial charge < -0.3 is 29.9 Å². The van der Waals surface area contributed by atoms with Crippen LogP contribution in [-0.2, 0) is 11.0 Å². The predicted octanol–water partition coefficient (Wildman–Crippen LogP) is 4.59. The fourth-order valence-corrected chi connectivity index (χ4v) is 7.83. The molecule has 13 heteroatoms. The molecule has 2 aromatic heterocycles. The van der Waals surface area contributed by atoms with Gasteiger partial charge in [-0.25, -0.2) is 9.19 Å². The Hall–Kier alpha value is -4.07. The molecule has 0 radical (unpaired) electrons. The van der Waals surface area contributed by atoms with E-state index >= 15 is 0 Å². The van der Waals surface area contributed by atoms with Crippen molar-refractivity contribution < 1.29 is 8.95 Å². The Morgan fingerprint density at radius 2 is 1.74 bits per heavy atom. The van der Waals surface area contributed by atoms with Crippen LogP contribution in [0.25, 0.3) is 11.0 Å². The molecule has 46 heavy (non-hydrogen) atoms. The van der Waals surface area contributed by atoms with Crippen molar-refractivity contribution in [1.82, 2.24) is 29.7 Å². The van der Waals surface area contributed by atoms with E-state index in [9.17, 15) is 4.21 Å². The van der Waals surface area contributed by atoms with Gasteiger partial charge >= 0.3 is 0 Å². The number of benzene rings is 2. The largest absolute Gasteiger partial charge is 0.494 e. The maximum absolute atomic E-state index is 12.2. The number of likely N-dealkylation sites (tertiary alicyclic amines) is 2. The molecule has 2 bridgehead atoms. The summed E-state index contributed by atoms with van der Waals surface area (Å²) in [5.41, 5.74) is 6.63. The SMILES string of the molecule is COc1cc(N2CCC(N3CC4CC3CN4C)CC2)c(C)cc1Nc1ncc(C)c(Nc2ccc3nccnc3c2NS(C)=O)n1. The highest BCUT2D eigenvalue weighted by atomic mass is 32.2. The summed E-state index contributed by atoms with van der Waals surface area (Å²) < 4.78 is 21.1. The van der Waals surface area contributed by atoms with E-state index in [0.717, 1.165) is 42.2 Å². The first-order valence-electron chi connectivity index (χ1n) is 15.9. The van der Waals surface area contributed by atoms with Crippen LogP contribution in [-0.4, -0.2) is 98.7 Å². The third-order valence-corrected chi connectivity index (χ3v) is 10.2. The molecule has 0 saturated carbocycles. The van der Waals surface area contributed by atoms with Gasteiger partial charge in [0.1, 0.15) is 28.1 Å². The second-order valence-corrected chi connectivity index (χ2v) is 13.8. The standard InChI is InChI=1S/C33H42N10O2S/c1-20-14-27(29(45-4)16-28(20)42-12-8-22(9-13-42)43-19-23-15-24(43)18-41(23)3)38-33-36-17-21(2)32(39-33)37-26-7-6-25-30(35-11-10-34-25)31(26)40-46(5)44/h6-7,10-11,14,16-17,22-24,40H,8-9,12-13,15,18-19H2,1-5H3,(H2,36,37,38,39). The molecule has 3 N–H and O–H groups in total. The summed E-state index contributed by atoms with van der Waals surface area (Å²) in [5, 5.41) is 6.78. The van der Waals surface area contributed by atoms with Crippen LogP contribution in [0.2, 0.25) is 0 Å². The Balaban J connectivity index is 1.08. The van der Waals surface area contributed by atoms with Gasteiger partial charge in [-0.05, 0) is 63.9 Å². The van der Waals surface area contributed by atoms with Gasteiger partial charge in [0.15, 0.2) is 0 Å². The van der Waals surface area contributed by atoms with Crippen molar-refractivity contribution in [1.29, 1.82) is 0 Å².